The molecule has 5 heterocycles. The number of hydrogen-bond donors (Lipinski definition) is 1. The van der Waals surface area contributed by atoms with E-state index in [1.807, 2.05) is 0 Å². The van der Waals surface area contributed by atoms with E-state index in [9.17, 15) is 30.4 Å². The molecule has 236 valence electrons. The fourth-order valence-corrected chi connectivity index (χ4v) is 8.30. The highest BCUT2D eigenvalue weighted by Gasteiger charge is 2.27. The van der Waals surface area contributed by atoms with Crippen molar-refractivity contribution in [3.63, 3.8) is 0 Å². The highest BCUT2D eigenvalue weighted by Crippen LogP contribution is 2.29. The van der Waals surface area contributed by atoms with E-state index in [-0.39, 0.29) is 39.4 Å². The van der Waals surface area contributed by atoms with Gasteiger partial charge >= 0.3 is 0 Å². The molecule has 4 aromatic heterocycles. The van der Waals surface area contributed by atoms with Gasteiger partial charge in [-0.25, -0.2) is 39.9 Å². The summed E-state index contributed by atoms with van der Waals surface area (Å²) in [7, 11) is -7.46. The Bertz CT molecular complexity index is 2140. The second kappa shape index (κ2) is 12.0. The molecule has 1 saturated heterocycles. The summed E-state index contributed by atoms with van der Waals surface area (Å²) in [6, 6.07) is 11.1. The van der Waals surface area contributed by atoms with Crippen LogP contribution in [-0.2, 0) is 25.8 Å². The average molecular weight is 677 g/mol. The molecule has 0 spiro atoms. The lowest BCUT2D eigenvalue weighted by Crippen LogP contribution is -2.42. The van der Waals surface area contributed by atoms with Crippen molar-refractivity contribution in [2.24, 2.45) is 0 Å². The Balaban J connectivity index is 1.35. The first kappa shape index (κ1) is 30.9. The standard InChI is InChI=1S/C27H26F2N8O5S3/c1-44(39,40)35-10-7-19(8-11-35)32-27-30-14-18-13-20(23(28)29)26(38)37(25(18)33-27)21-9-12-43-22(21)15-45(41,42)36-16-31-24(34-36)17-5-3-2-4-6-17/h2-6,9,12-14,16,19,23H,7-8,10-11,15H2,1H3,(H,30,32,33). The van der Waals surface area contributed by atoms with Gasteiger partial charge in [-0.05, 0) is 30.4 Å². The third-order valence-corrected chi connectivity index (χ3v) is 11.1. The van der Waals surface area contributed by atoms with Crippen LogP contribution in [0.3, 0.4) is 0 Å². The first-order valence-corrected chi connectivity index (χ1v) is 17.9. The molecular weight excluding hydrogens is 651 g/mol. The Morgan fingerprint density at radius 1 is 1.07 bits per heavy atom. The molecule has 0 aliphatic carbocycles. The summed E-state index contributed by atoms with van der Waals surface area (Å²) in [5.74, 6) is -0.283. The molecule has 0 atom stereocenters. The van der Waals surface area contributed by atoms with E-state index in [1.165, 1.54) is 16.6 Å². The number of thiophene rings is 1. The third-order valence-electron chi connectivity index (χ3n) is 7.33. The molecule has 6 rings (SSSR count). The zero-order valence-corrected chi connectivity index (χ0v) is 26.1. The van der Waals surface area contributed by atoms with Crippen molar-refractivity contribution in [1.29, 1.82) is 0 Å². The molecule has 0 amide bonds. The first-order valence-electron chi connectivity index (χ1n) is 13.6. The van der Waals surface area contributed by atoms with Gasteiger partial charge in [0, 0.05) is 41.2 Å². The summed E-state index contributed by atoms with van der Waals surface area (Å²) in [6.07, 6.45) is 1.39. The maximum Gasteiger partial charge on any atom is 0.269 e. The number of alkyl halides is 2. The molecule has 0 bridgehead atoms. The fourth-order valence-electron chi connectivity index (χ4n) is 5.06. The molecule has 1 fully saturated rings. The van der Waals surface area contributed by atoms with Crippen LogP contribution in [0.15, 0.2) is 65.2 Å². The molecule has 0 saturated carbocycles. The topological polar surface area (TPSA) is 162 Å². The molecule has 45 heavy (non-hydrogen) atoms. The Morgan fingerprint density at radius 2 is 1.80 bits per heavy atom. The average Bonchev–Trinajstić information content (AvgIpc) is 3.68. The monoisotopic (exact) mass is 676 g/mol. The molecule has 18 heteroatoms. The highest BCUT2D eigenvalue weighted by molar-refractivity contribution is 7.89. The van der Waals surface area contributed by atoms with Crippen LogP contribution in [0.2, 0.25) is 0 Å². The van der Waals surface area contributed by atoms with Crippen LogP contribution in [0.4, 0.5) is 14.7 Å². The molecule has 1 aromatic carbocycles. The van der Waals surface area contributed by atoms with Crippen LogP contribution < -0.4 is 10.9 Å². The number of fused-ring (bicyclic) bond motifs is 1. The maximum absolute atomic E-state index is 14.0. The lowest BCUT2D eigenvalue weighted by molar-refractivity contribution is 0.149. The second-order valence-corrected chi connectivity index (χ2v) is 15.2. The summed E-state index contributed by atoms with van der Waals surface area (Å²) in [5.41, 5.74) is -1.14. The number of anilines is 1. The van der Waals surface area contributed by atoms with E-state index in [1.54, 1.807) is 35.7 Å². The van der Waals surface area contributed by atoms with Gasteiger partial charge in [0.05, 0.1) is 17.5 Å². The van der Waals surface area contributed by atoms with Crippen LogP contribution in [-0.4, -0.2) is 75.2 Å². The molecule has 1 aliphatic rings. The molecule has 1 N–H and O–H groups in total. The van der Waals surface area contributed by atoms with E-state index in [4.69, 9.17) is 0 Å². The lowest BCUT2D eigenvalue weighted by Gasteiger charge is -2.30. The Kier molecular flexibility index (Phi) is 8.23. The van der Waals surface area contributed by atoms with Crippen molar-refractivity contribution in [1.82, 2.24) is 33.0 Å². The van der Waals surface area contributed by atoms with Gasteiger partial charge in [0.1, 0.15) is 12.1 Å². The van der Waals surface area contributed by atoms with Gasteiger partial charge in [0.2, 0.25) is 16.0 Å². The van der Waals surface area contributed by atoms with E-state index in [0.717, 1.165) is 38.6 Å². The number of benzene rings is 1. The Hall–Kier alpha value is -4.13. The van der Waals surface area contributed by atoms with Gasteiger partial charge in [-0.2, -0.15) is 4.98 Å². The molecule has 5 aromatic rings. The highest BCUT2D eigenvalue weighted by atomic mass is 32.2. The van der Waals surface area contributed by atoms with Crippen LogP contribution in [0, 0.1) is 0 Å². The van der Waals surface area contributed by atoms with Crippen LogP contribution in [0.1, 0.15) is 29.7 Å². The fraction of sp³-hybridized carbons (Fsp3) is 0.296. The summed E-state index contributed by atoms with van der Waals surface area (Å²) in [4.78, 5) is 26.5. The Labute approximate surface area is 260 Å². The van der Waals surface area contributed by atoms with Crippen molar-refractivity contribution >= 4 is 48.4 Å². The lowest BCUT2D eigenvalue weighted by atomic mass is 10.1. The van der Waals surface area contributed by atoms with Crippen molar-refractivity contribution in [3.8, 4) is 17.1 Å². The quantitative estimate of drug-likeness (QED) is 0.245. The summed E-state index contributed by atoms with van der Waals surface area (Å²) in [6.45, 7) is 0.607. The molecular formula is C27H26F2N8O5S3. The molecule has 0 radical (unpaired) electrons. The number of nitrogens with zero attached hydrogens (tertiary/aromatic N) is 7. The number of halogens is 2. The maximum atomic E-state index is 14.0. The molecule has 0 unspecified atom stereocenters. The Morgan fingerprint density at radius 3 is 2.49 bits per heavy atom. The summed E-state index contributed by atoms with van der Waals surface area (Å²) in [5, 5.41) is 8.96. The third kappa shape index (κ3) is 6.35. The van der Waals surface area contributed by atoms with Crippen molar-refractivity contribution in [3.05, 3.63) is 81.2 Å². The molecule has 1 aliphatic heterocycles. The van der Waals surface area contributed by atoms with Crippen LogP contribution >= 0.6 is 11.3 Å². The van der Waals surface area contributed by atoms with Crippen molar-refractivity contribution in [2.75, 3.05) is 24.7 Å². The minimum atomic E-state index is -4.14. The van der Waals surface area contributed by atoms with E-state index in [2.05, 4.69) is 25.4 Å². The van der Waals surface area contributed by atoms with E-state index in [0.29, 0.717) is 31.5 Å². The van der Waals surface area contributed by atoms with Gasteiger partial charge in [0.15, 0.2) is 11.5 Å². The largest absolute Gasteiger partial charge is 0.351 e. The minimum Gasteiger partial charge on any atom is -0.351 e. The number of aromatic nitrogens is 6. The predicted octanol–water partition coefficient (Wildman–Crippen LogP) is 3.25. The number of pyridine rings is 1. The zero-order valence-electron chi connectivity index (χ0n) is 23.6. The number of rotatable bonds is 9. The van der Waals surface area contributed by atoms with Gasteiger partial charge in [0.25, 0.3) is 22.0 Å². The van der Waals surface area contributed by atoms with Gasteiger partial charge in [-0.3, -0.25) is 9.36 Å². The summed E-state index contributed by atoms with van der Waals surface area (Å²) >= 11 is 1.03. The number of sulfonamides is 1. The minimum absolute atomic E-state index is 0.000334. The SMILES string of the molecule is CS(=O)(=O)N1CCC(Nc2ncc3cc(C(F)F)c(=O)n(-c4ccsc4CS(=O)(=O)n4cnc(-c5ccccc5)n4)c3n2)CC1. The zero-order chi connectivity index (χ0) is 31.9. The summed E-state index contributed by atoms with van der Waals surface area (Å²) < 4.78 is 81.6. The van der Waals surface area contributed by atoms with Gasteiger partial charge < -0.3 is 5.32 Å². The molecule has 13 nitrogen and oxygen atoms in total. The van der Waals surface area contributed by atoms with Gasteiger partial charge in [-0.1, -0.05) is 30.3 Å². The second-order valence-electron chi connectivity index (χ2n) is 10.4. The predicted molar refractivity (Wildman–Crippen MR) is 165 cm³/mol. The smallest absolute Gasteiger partial charge is 0.269 e. The number of piperidine rings is 1. The van der Waals surface area contributed by atoms with Crippen LogP contribution in [0.25, 0.3) is 28.1 Å². The van der Waals surface area contributed by atoms with Crippen molar-refractivity contribution in [2.45, 2.75) is 31.1 Å². The normalized spacial score (nSPS) is 15.2. The number of nitrogens with one attached hydrogen (secondary N) is 1. The van der Waals surface area contributed by atoms with Crippen LogP contribution in [0.5, 0.6) is 0 Å². The first-order chi connectivity index (χ1) is 21.4. The van der Waals surface area contributed by atoms with Gasteiger partial charge in [-0.15, -0.1) is 20.5 Å². The number of hydrogen-bond acceptors (Lipinski definition) is 11. The van der Waals surface area contributed by atoms with E-state index < -0.39 is 43.3 Å². The van der Waals surface area contributed by atoms with E-state index >= 15 is 0 Å². The van der Waals surface area contributed by atoms with Crippen molar-refractivity contribution < 1.29 is 25.6 Å².